The highest BCUT2D eigenvalue weighted by atomic mass is 32.2. The van der Waals surface area contributed by atoms with Crippen LogP contribution in [0, 0.1) is 18.3 Å². The number of aryl methyl sites for hydroxylation is 1. The number of hydrazone groups is 1. The van der Waals surface area contributed by atoms with Gasteiger partial charge in [0.1, 0.15) is 0 Å². The molecule has 0 amide bonds. The van der Waals surface area contributed by atoms with Crippen molar-refractivity contribution in [2.45, 2.75) is 51.9 Å². The highest BCUT2D eigenvalue weighted by Crippen LogP contribution is 2.36. The molecule has 2 rings (SSSR count). The fraction of sp³-hybridized carbons (Fsp3) is 0.562. The smallest absolute Gasteiger partial charge is 0.200 e. The third-order valence-corrected chi connectivity index (χ3v) is 5.05. The second kappa shape index (κ2) is 5.79. The van der Waals surface area contributed by atoms with E-state index in [1.54, 1.807) is 24.3 Å². The lowest BCUT2D eigenvalue weighted by Crippen LogP contribution is -2.30. The third kappa shape index (κ3) is 4.30. The van der Waals surface area contributed by atoms with Crippen molar-refractivity contribution in [1.29, 1.82) is 0 Å². The minimum atomic E-state index is -3.57. The van der Waals surface area contributed by atoms with Crippen LogP contribution in [0.15, 0.2) is 34.3 Å². The molecular weight excluding hydrogens is 284 g/mol. The number of nitrogens with zero attached hydrogens (tertiary/aromatic N) is 1. The van der Waals surface area contributed by atoms with Crippen LogP contribution in [-0.2, 0) is 10.0 Å². The largest absolute Gasteiger partial charge is 0.276 e. The van der Waals surface area contributed by atoms with Crippen LogP contribution in [0.5, 0.6) is 0 Å². The minimum absolute atomic E-state index is 0.186. The van der Waals surface area contributed by atoms with Gasteiger partial charge in [0.05, 0.1) is 4.90 Å². The van der Waals surface area contributed by atoms with E-state index in [1.165, 1.54) is 0 Å². The zero-order chi connectivity index (χ0) is 15.7. The number of benzene rings is 1. The molecule has 1 aromatic rings. The maximum Gasteiger partial charge on any atom is 0.276 e. The first kappa shape index (κ1) is 16.0. The van der Waals surface area contributed by atoms with Crippen molar-refractivity contribution in [3.8, 4) is 0 Å². The Morgan fingerprint density at radius 2 is 1.86 bits per heavy atom. The molecule has 1 aliphatic carbocycles. The fourth-order valence-corrected chi connectivity index (χ4v) is 3.94. The minimum Gasteiger partial charge on any atom is -0.200 e. The fourth-order valence-electron chi connectivity index (χ4n) is 3.09. The molecule has 0 aromatic heterocycles. The van der Waals surface area contributed by atoms with Crippen LogP contribution < -0.4 is 4.83 Å². The van der Waals surface area contributed by atoms with Crippen molar-refractivity contribution in [3.05, 3.63) is 29.8 Å². The van der Waals surface area contributed by atoms with Crippen molar-refractivity contribution in [1.82, 2.24) is 4.83 Å². The van der Waals surface area contributed by atoms with Crippen LogP contribution in [0.2, 0.25) is 0 Å². The predicted octanol–water partition coefficient (Wildman–Crippen LogP) is 3.48. The van der Waals surface area contributed by atoms with E-state index in [0.717, 1.165) is 30.5 Å². The van der Waals surface area contributed by atoms with E-state index in [-0.39, 0.29) is 10.3 Å². The van der Waals surface area contributed by atoms with Gasteiger partial charge in [-0.15, -0.1) is 0 Å². The van der Waals surface area contributed by atoms with Gasteiger partial charge >= 0.3 is 0 Å². The lowest BCUT2D eigenvalue weighted by Gasteiger charge is -2.34. The third-order valence-electron chi connectivity index (χ3n) is 3.82. The zero-order valence-corrected chi connectivity index (χ0v) is 14.0. The normalized spacial score (nSPS) is 24.0. The van der Waals surface area contributed by atoms with Crippen LogP contribution in [0.3, 0.4) is 0 Å². The monoisotopic (exact) mass is 308 g/mol. The van der Waals surface area contributed by atoms with Gasteiger partial charge in [-0.3, -0.25) is 0 Å². The maximum atomic E-state index is 12.2. The second-order valence-electron chi connectivity index (χ2n) is 6.94. The molecule has 4 nitrogen and oxygen atoms in total. The number of sulfonamides is 1. The summed E-state index contributed by atoms with van der Waals surface area (Å²) < 4.78 is 24.4. The second-order valence-corrected chi connectivity index (χ2v) is 8.60. The first-order valence-corrected chi connectivity index (χ1v) is 8.80. The summed E-state index contributed by atoms with van der Waals surface area (Å²) in [5, 5.41) is 4.18. The molecular formula is C16H24N2O2S. The van der Waals surface area contributed by atoms with Gasteiger partial charge in [0.15, 0.2) is 0 Å². The quantitative estimate of drug-likeness (QED) is 0.869. The molecule has 116 valence electrons. The van der Waals surface area contributed by atoms with Gasteiger partial charge < -0.3 is 0 Å². The van der Waals surface area contributed by atoms with Crippen LogP contribution in [0.4, 0.5) is 0 Å². The highest BCUT2D eigenvalue weighted by molar-refractivity contribution is 7.89. The lowest BCUT2D eigenvalue weighted by molar-refractivity contribution is 0.265. The Morgan fingerprint density at radius 3 is 2.43 bits per heavy atom. The van der Waals surface area contributed by atoms with Crippen LogP contribution in [0.1, 0.15) is 45.6 Å². The Kier molecular flexibility index (Phi) is 4.42. The van der Waals surface area contributed by atoms with Gasteiger partial charge in [-0.2, -0.15) is 13.5 Å². The molecule has 1 saturated carbocycles. The van der Waals surface area contributed by atoms with E-state index < -0.39 is 10.0 Å². The predicted molar refractivity (Wildman–Crippen MR) is 85.7 cm³/mol. The van der Waals surface area contributed by atoms with E-state index in [2.05, 4.69) is 30.7 Å². The van der Waals surface area contributed by atoms with Crippen molar-refractivity contribution in [3.63, 3.8) is 0 Å². The van der Waals surface area contributed by atoms with E-state index in [0.29, 0.717) is 5.92 Å². The Hall–Kier alpha value is -1.36. The molecule has 0 radical (unpaired) electrons. The summed E-state index contributed by atoms with van der Waals surface area (Å²) in [4.78, 5) is 2.63. The Morgan fingerprint density at radius 1 is 1.24 bits per heavy atom. The summed E-state index contributed by atoms with van der Waals surface area (Å²) in [6.07, 6.45) is 2.85. The molecule has 1 fully saturated rings. The zero-order valence-electron chi connectivity index (χ0n) is 13.2. The molecule has 0 unspecified atom stereocenters. The van der Waals surface area contributed by atoms with E-state index in [9.17, 15) is 8.42 Å². The molecule has 1 aliphatic rings. The summed E-state index contributed by atoms with van der Waals surface area (Å²) in [5.41, 5.74) is 2.16. The number of rotatable bonds is 3. The standard InChI is InChI=1S/C16H24N2O2S/c1-12-5-7-15(8-6-12)21(19,20)18-17-14-9-13(2)10-16(3,4)11-14/h5-8,13,18H,9-11H2,1-4H3/b17-14-/t13-/m0/s1. The molecule has 0 heterocycles. The van der Waals surface area contributed by atoms with Crippen molar-refractivity contribution < 1.29 is 8.42 Å². The first-order valence-electron chi connectivity index (χ1n) is 7.32. The number of nitrogens with one attached hydrogen (secondary N) is 1. The summed E-state index contributed by atoms with van der Waals surface area (Å²) in [7, 11) is -3.57. The van der Waals surface area contributed by atoms with Crippen LogP contribution >= 0.6 is 0 Å². The van der Waals surface area contributed by atoms with Gasteiger partial charge in [-0.1, -0.05) is 38.5 Å². The average molecular weight is 308 g/mol. The van der Waals surface area contributed by atoms with E-state index in [1.807, 2.05) is 6.92 Å². The molecule has 5 heteroatoms. The SMILES string of the molecule is Cc1ccc(S(=O)(=O)N/N=C2/C[C@H](C)CC(C)(C)C2)cc1. The van der Waals surface area contributed by atoms with Gasteiger partial charge in [-0.25, -0.2) is 4.83 Å². The van der Waals surface area contributed by atoms with Gasteiger partial charge in [0.2, 0.25) is 0 Å². The average Bonchev–Trinajstić information content (AvgIpc) is 2.35. The molecule has 0 aliphatic heterocycles. The summed E-state index contributed by atoms with van der Waals surface area (Å²) in [6, 6.07) is 6.78. The van der Waals surface area contributed by atoms with Crippen LogP contribution in [-0.4, -0.2) is 14.1 Å². The van der Waals surface area contributed by atoms with E-state index in [4.69, 9.17) is 0 Å². The van der Waals surface area contributed by atoms with Crippen molar-refractivity contribution in [2.75, 3.05) is 0 Å². The lowest BCUT2D eigenvalue weighted by atomic mass is 9.72. The van der Waals surface area contributed by atoms with Gasteiger partial charge in [0, 0.05) is 5.71 Å². The topological polar surface area (TPSA) is 58.5 Å². The highest BCUT2D eigenvalue weighted by Gasteiger charge is 2.29. The summed E-state index contributed by atoms with van der Waals surface area (Å²) in [6.45, 7) is 8.51. The van der Waals surface area contributed by atoms with Gasteiger partial charge in [-0.05, 0) is 49.7 Å². The molecule has 0 saturated heterocycles. The number of hydrogen-bond acceptors (Lipinski definition) is 3. The van der Waals surface area contributed by atoms with Crippen molar-refractivity contribution >= 4 is 15.7 Å². The molecule has 1 atom stereocenters. The molecule has 21 heavy (non-hydrogen) atoms. The Bertz CT molecular complexity index is 631. The molecule has 0 bridgehead atoms. The Balaban J connectivity index is 2.14. The molecule has 0 spiro atoms. The molecule has 1 N–H and O–H groups in total. The van der Waals surface area contributed by atoms with Crippen LogP contribution in [0.25, 0.3) is 0 Å². The maximum absolute atomic E-state index is 12.2. The molecule has 1 aromatic carbocycles. The number of hydrogen-bond donors (Lipinski definition) is 1. The first-order chi connectivity index (χ1) is 9.68. The Labute approximate surface area is 127 Å². The van der Waals surface area contributed by atoms with E-state index >= 15 is 0 Å². The summed E-state index contributed by atoms with van der Waals surface area (Å²) >= 11 is 0. The van der Waals surface area contributed by atoms with Crippen molar-refractivity contribution in [2.24, 2.45) is 16.4 Å². The summed E-state index contributed by atoms with van der Waals surface area (Å²) in [5.74, 6) is 0.538. The van der Waals surface area contributed by atoms with Gasteiger partial charge in [0.25, 0.3) is 10.0 Å².